The molecule has 0 aromatic heterocycles. The average Bonchev–Trinajstić information content (AvgIpc) is 2.39. The van der Waals surface area contributed by atoms with Crippen molar-refractivity contribution < 1.29 is 13.7 Å². The quantitative estimate of drug-likeness (QED) is 0.716. The van der Waals surface area contributed by atoms with Crippen LogP contribution in [0.2, 0.25) is 0 Å². The molecule has 0 spiro atoms. The van der Waals surface area contributed by atoms with Crippen molar-refractivity contribution >= 4 is 10.8 Å². The van der Waals surface area contributed by atoms with Crippen molar-refractivity contribution in [1.29, 1.82) is 5.26 Å². The predicted octanol–water partition coefficient (Wildman–Crippen LogP) is 1.53. The lowest BCUT2D eigenvalue weighted by molar-refractivity contribution is 0.218. The van der Waals surface area contributed by atoms with Gasteiger partial charge in [-0.2, -0.15) is 5.26 Å². The lowest BCUT2D eigenvalue weighted by Crippen LogP contribution is -2.13. The molecule has 0 saturated carbocycles. The molecule has 0 aliphatic carbocycles. The summed E-state index contributed by atoms with van der Waals surface area (Å²) in [5.74, 6) is 1.78. The summed E-state index contributed by atoms with van der Waals surface area (Å²) in [5.41, 5.74) is 0.966. The van der Waals surface area contributed by atoms with E-state index in [1.807, 2.05) is 24.3 Å². The Bertz CT molecular complexity index is 411. The van der Waals surface area contributed by atoms with Crippen LogP contribution in [0, 0.1) is 11.3 Å². The molecule has 0 radical (unpaired) electrons. The number of ether oxygens (including phenoxy) is 2. The number of nitrogens with zero attached hydrogens (tertiary/aromatic N) is 1. The zero-order valence-corrected chi connectivity index (χ0v) is 11.2. The SMILES string of the molecule is COCCS(=O)CCOc1ccc(CC#N)cc1. The van der Waals surface area contributed by atoms with E-state index in [1.165, 1.54) is 0 Å². The fraction of sp³-hybridized carbons (Fsp3) is 0.462. The molecule has 0 fully saturated rings. The summed E-state index contributed by atoms with van der Waals surface area (Å²) in [7, 11) is 0.700. The fourth-order valence-electron chi connectivity index (χ4n) is 1.33. The van der Waals surface area contributed by atoms with Gasteiger partial charge in [0.15, 0.2) is 0 Å². The molecule has 1 rings (SSSR count). The smallest absolute Gasteiger partial charge is 0.119 e. The van der Waals surface area contributed by atoms with Crippen molar-refractivity contribution in [3.8, 4) is 11.8 Å². The molecule has 0 aliphatic rings. The first-order valence-electron chi connectivity index (χ1n) is 5.69. The average molecular weight is 267 g/mol. The van der Waals surface area contributed by atoms with Crippen molar-refractivity contribution in [2.45, 2.75) is 6.42 Å². The molecule has 0 saturated heterocycles. The Morgan fingerprint density at radius 3 is 2.50 bits per heavy atom. The van der Waals surface area contributed by atoms with E-state index >= 15 is 0 Å². The van der Waals surface area contributed by atoms with Crippen molar-refractivity contribution in [1.82, 2.24) is 0 Å². The van der Waals surface area contributed by atoms with Crippen LogP contribution in [0.3, 0.4) is 0 Å². The third-order valence-corrected chi connectivity index (χ3v) is 3.55. The standard InChI is InChI=1S/C13H17NO3S/c1-16-8-10-18(15)11-9-17-13-4-2-12(3-5-13)6-7-14/h2-5H,6,8-11H2,1H3. The summed E-state index contributed by atoms with van der Waals surface area (Å²) >= 11 is 0. The first-order valence-corrected chi connectivity index (χ1v) is 7.17. The molecule has 0 amide bonds. The normalized spacial score (nSPS) is 11.8. The molecule has 18 heavy (non-hydrogen) atoms. The summed E-state index contributed by atoms with van der Waals surface area (Å²) < 4.78 is 21.8. The first kappa shape index (κ1) is 14.7. The van der Waals surface area contributed by atoms with Crippen LogP contribution in [0.4, 0.5) is 0 Å². The monoisotopic (exact) mass is 267 g/mol. The number of methoxy groups -OCH3 is 1. The van der Waals surface area contributed by atoms with Crippen LogP contribution in [0.25, 0.3) is 0 Å². The van der Waals surface area contributed by atoms with Gasteiger partial charge in [-0.3, -0.25) is 4.21 Å². The summed E-state index contributed by atoms with van der Waals surface area (Å²) in [6.07, 6.45) is 0.404. The van der Waals surface area contributed by atoms with Crippen LogP contribution >= 0.6 is 0 Å². The first-order chi connectivity index (χ1) is 8.76. The third-order valence-electron chi connectivity index (χ3n) is 2.30. The van der Waals surface area contributed by atoms with E-state index in [0.717, 1.165) is 11.3 Å². The number of nitriles is 1. The minimum Gasteiger partial charge on any atom is -0.493 e. The molecule has 1 aromatic rings. The van der Waals surface area contributed by atoms with E-state index < -0.39 is 10.8 Å². The molecular weight excluding hydrogens is 250 g/mol. The highest BCUT2D eigenvalue weighted by atomic mass is 32.2. The Labute approximate surface area is 110 Å². The topological polar surface area (TPSA) is 59.3 Å². The zero-order valence-electron chi connectivity index (χ0n) is 10.4. The maximum atomic E-state index is 11.4. The highest BCUT2D eigenvalue weighted by Crippen LogP contribution is 2.12. The molecule has 0 aliphatic heterocycles. The summed E-state index contributed by atoms with van der Waals surface area (Å²) in [5, 5.41) is 8.54. The number of benzene rings is 1. The van der Waals surface area contributed by atoms with Crippen LogP contribution < -0.4 is 4.74 Å². The van der Waals surface area contributed by atoms with E-state index in [4.69, 9.17) is 14.7 Å². The Kier molecular flexibility index (Phi) is 7.07. The number of rotatable bonds is 8. The van der Waals surface area contributed by atoms with Crippen LogP contribution in [-0.4, -0.2) is 36.0 Å². The lowest BCUT2D eigenvalue weighted by atomic mass is 10.2. The van der Waals surface area contributed by atoms with Crippen LogP contribution in [-0.2, 0) is 22.0 Å². The van der Waals surface area contributed by atoms with E-state index in [2.05, 4.69) is 6.07 Å². The largest absolute Gasteiger partial charge is 0.493 e. The Hall–Kier alpha value is -1.38. The van der Waals surface area contributed by atoms with Gasteiger partial charge < -0.3 is 9.47 Å². The van der Waals surface area contributed by atoms with Gasteiger partial charge in [0.2, 0.25) is 0 Å². The van der Waals surface area contributed by atoms with Crippen molar-refractivity contribution in [3.05, 3.63) is 29.8 Å². The lowest BCUT2D eigenvalue weighted by Gasteiger charge is -2.06. The van der Waals surface area contributed by atoms with Gasteiger partial charge in [-0.05, 0) is 17.7 Å². The highest BCUT2D eigenvalue weighted by Gasteiger charge is 2.00. The second-order valence-corrected chi connectivity index (χ2v) is 5.36. The molecule has 1 atom stereocenters. The van der Waals surface area contributed by atoms with Crippen molar-refractivity contribution in [3.63, 3.8) is 0 Å². The van der Waals surface area contributed by atoms with Gasteiger partial charge in [0.25, 0.3) is 0 Å². The Morgan fingerprint density at radius 1 is 1.22 bits per heavy atom. The number of hydrogen-bond acceptors (Lipinski definition) is 4. The van der Waals surface area contributed by atoms with Crippen LogP contribution in [0.15, 0.2) is 24.3 Å². The zero-order chi connectivity index (χ0) is 13.2. The van der Waals surface area contributed by atoms with Crippen LogP contribution in [0.1, 0.15) is 5.56 Å². The maximum absolute atomic E-state index is 11.4. The molecule has 0 N–H and O–H groups in total. The molecule has 0 heterocycles. The minimum absolute atomic E-state index is 0.404. The van der Waals surface area contributed by atoms with Gasteiger partial charge in [0, 0.05) is 23.7 Å². The fourth-order valence-corrected chi connectivity index (χ4v) is 2.15. The van der Waals surface area contributed by atoms with Gasteiger partial charge in [-0.15, -0.1) is 0 Å². The second kappa shape index (κ2) is 8.67. The summed E-state index contributed by atoms with van der Waals surface area (Å²) in [6.45, 7) is 0.934. The van der Waals surface area contributed by atoms with E-state index in [0.29, 0.717) is 31.1 Å². The van der Waals surface area contributed by atoms with E-state index in [-0.39, 0.29) is 0 Å². The molecule has 0 bridgehead atoms. The number of hydrogen-bond donors (Lipinski definition) is 0. The molecule has 5 heteroatoms. The van der Waals surface area contributed by atoms with Crippen LogP contribution in [0.5, 0.6) is 5.75 Å². The van der Waals surface area contributed by atoms with Crippen molar-refractivity contribution in [2.75, 3.05) is 31.8 Å². The Balaban J connectivity index is 2.27. The summed E-state index contributed by atoms with van der Waals surface area (Å²) in [6, 6.07) is 9.46. The van der Waals surface area contributed by atoms with Gasteiger partial charge in [-0.25, -0.2) is 0 Å². The highest BCUT2D eigenvalue weighted by molar-refractivity contribution is 7.85. The van der Waals surface area contributed by atoms with Gasteiger partial charge in [0.1, 0.15) is 5.75 Å². The van der Waals surface area contributed by atoms with Crippen molar-refractivity contribution in [2.24, 2.45) is 0 Å². The van der Waals surface area contributed by atoms with Gasteiger partial charge in [-0.1, -0.05) is 12.1 Å². The molecule has 98 valence electrons. The second-order valence-electron chi connectivity index (χ2n) is 3.67. The Morgan fingerprint density at radius 2 is 1.89 bits per heavy atom. The third kappa shape index (κ3) is 5.80. The maximum Gasteiger partial charge on any atom is 0.119 e. The van der Waals surface area contributed by atoms with E-state index in [9.17, 15) is 4.21 Å². The molecule has 4 nitrogen and oxygen atoms in total. The molecular formula is C13H17NO3S. The minimum atomic E-state index is -0.894. The predicted molar refractivity (Wildman–Crippen MR) is 71.0 cm³/mol. The van der Waals surface area contributed by atoms with E-state index in [1.54, 1.807) is 7.11 Å². The molecule has 1 aromatic carbocycles. The summed E-state index contributed by atoms with van der Waals surface area (Å²) in [4.78, 5) is 0. The molecule has 1 unspecified atom stereocenters. The van der Waals surface area contributed by atoms with Gasteiger partial charge >= 0.3 is 0 Å². The van der Waals surface area contributed by atoms with Gasteiger partial charge in [0.05, 0.1) is 31.5 Å².